The molecule has 0 radical (unpaired) electrons. The van der Waals surface area contributed by atoms with E-state index in [1.165, 1.54) is 6.08 Å². The highest BCUT2D eigenvalue weighted by molar-refractivity contribution is 9.10. The van der Waals surface area contributed by atoms with Crippen molar-refractivity contribution in [3.8, 4) is 5.75 Å². The van der Waals surface area contributed by atoms with Crippen molar-refractivity contribution in [2.45, 2.75) is 38.5 Å². The minimum atomic E-state index is -1.08. The fourth-order valence-electron chi connectivity index (χ4n) is 1.79. The Morgan fingerprint density at radius 3 is 2.79 bits per heavy atom. The second-order valence-corrected chi connectivity index (χ2v) is 6.99. The third kappa shape index (κ3) is 5.10. The van der Waals surface area contributed by atoms with Gasteiger partial charge in [0.1, 0.15) is 10.7 Å². The number of carboxylic acid groups (broad SMARTS) is 1. The smallest absolute Gasteiger partial charge is 0.342 e. The standard InChI is InChI=1S/C16H17BrN2O4S/c1-4-14-18-19-16(23-14)24-13(15(20)21)8-10-7-11(17)5-6-12(10)22-9(2)3/h5-9H,4H2,1-3H3,(H,20,21)/b13-8+. The summed E-state index contributed by atoms with van der Waals surface area (Å²) in [6, 6.07) is 5.43. The van der Waals surface area contributed by atoms with Gasteiger partial charge in [-0.05, 0) is 49.9 Å². The summed E-state index contributed by atoms with van der Waals surface area (Å²) in [6.45, 7) is 5.70. The number of hydrogen-bond acceptors (Lipinski definition) is 6. The molecule has 24 heavy (non-hydrogen) atoms. The molecule has 2 rings (SSSR count). The number of hydrogen-bond donors (Lipinski definition) is 1. The van der Waals surface area contributed by atoms with Crippen LogP contribution in [-0.4, -0.2) is 27.4 Å². The summed E-state index contributed by atoms with van der Waals surface area (Å²) in [6.07, 6.45) is 2.10. The Morgan fingerprint density at radius 1 is 1.46 bits per heavy atom. The van der Waals surface area contributed by atoms with Crippen molar-refractivity contribution in [1.29, 1.82) is 0 Å². The van der Waals surface area contributed by atoms with Gasteiger partial charge in [-0.25, -0.2) is 4.79 Å². The Kier molecular flexibility index (Phi) is 6.44. The summed E-state index contributed by atoms with van der Waals surface area (Å²) in [5, 5.41) is 17.3. The molecule has 0 saturated carbocycles. The second kappa shape index (κ2) is 8.34. The highest BCUT2D eigenvalue weighted by atomic mass is 79.9. The van der Waals surface area contributed by atoms with Crippen molar-refractivity contribution >= 4 is 39.7 Å². The lowest BCUT2D eigenvalue weighted by atomic mass is 10.2. The first kappa shape index (κ1) is 18.5. The van der Waals surface area contributed by atoms with Gasteiger partial charge in [-0.2, -0.15) is 0 Å². The monoisotopic (exact) mass is 412 g/mol. The van der Waals surface area contributed by atoms with Crippen LogP contribution in [0.15, 0.2) is 37.2 Å². The predicted octanol–water partition coefficient (Wildman–Crippen LogP) is 4.40. The van der Waals surface area contributed by atoms with E-state index in [9.17, 15) is 9.90 Å². The Balaban J connectivity index is 2.36. The molecule has 0 atom stereocenters. The normalized spacial score (nSPS) is 11.8. The number of aryl methyl sites for hydroxylation is 1. The van der Waals surface area contributed by atoms with Gasteiger partial charge < -0.3 is 14.3 Å². The van der Waals surface area contributed by atoms with Crippen LogP contribution >= 0.6 is 27.7 Å². The van der Waals surface area contributed by atoms with Crippen LogP contribution in [0.5, 0.6) is 5.75 Å². The summed E-state index contributed by atoms with van der Waals surface area (Å²) in [7, 11) is 0. The maximum absolute atomic E-state index is 11.6. The lowest BCUT2D eigenvalue weighted by molar-refractivity contribution is -0.131. The summed E-state index contributed by atoms with van der Waals surface area (Å²) in [5.74, 6) is -0.00688. The fourth-order valence-corrected chi connectivity index (χ4v) is 2.85. The molecule has 1 aromatic heterocycles. The van der Waals surface area contributed by atoms with Gasteiger partial charge in [-0.3, -0.25) is 0 Å². The molecule has 0 amide bonds. The number of ether oxygens (including phenoxy) is 1. The number of aliphatic carboxylic acids is 1. The zero-order chi connectivity index (χ0) is 17.7. The third-order valence-corrected chi connectivity index (χ3v) is 4.13. The van der Waals surface area contributed by atoms with Crippen molar-refractivity contribution < 1.29 is 19.1 Å². The van der Waals surface area contributed by atoms with Crippen molar-refractivity contribution in [3.63, 3.8) is 0 Å². The van der Waals surface area contributed by atoms with E-state index in [-0.39, 0.29) is 16.2 Å². The van der Waals surface area contributed by atoms with E-state index in [0.29, 0.717) is 23.6 Å². The molecular formula is C16H17BrN2O4S. The van der Waals surface area contributed by atoms with Gasteiger partial charge >= 0.3 is 5.97 Å². The average molecular weight is 413 g/mol. The van der Waals surface area contributed by atoms with Crippen LogP contribution in [0, 0.1) is 0 Å². The van der Waals surface area contributed by atoms with Crippen LogP contribution < -0.4 is 4.74 Å². The number of carbonyl (C=O) groups is 1. The summed E-state index contributed by atoms with van der Waals surface area (Å²) >= 11 is 4.30. The topological polar surface area (TPSA) is 85.5 Å². The fraction of sp³-hybridized carbons (Fsp3) is 0.312. The third-order valence-electron chi connectivity index (χ3n) is 2.78. The first-order valence-electron chi connectivity index (χ1n) is 7.30. The zero-order valence-electron chi connectivity index (χ0n) is 13.4. The van der Waals surface area contributed by atoms with Crippen LogP contribution in [0.2, 0.25) is 0 Å². The van der Waals surface area contributed by atoms with E-state index in [1.807, 2.05) is 26.8 Å². The predicted molar refractivity (Wildman–Crippen MR) is 95.1 cm³/mol. The summed E-state index contributed by atoms with van der Waals surface area (Å²) < 4.78 is 11.9. The molecule has 0 fully saturated rings. The van der Waals surface area contributed by atoms with Crippen LogP contribution in [0.4, 0.5) is 0 Å². The van der Waals surface area contributed by atoms with Crippen LogP contribution in [0.25, 0.3) is 6.08 Å². The van der Waals surface area contributed by atoms with Gasteiger partial charge in [-0.15, -0.1) is 10.2 Å². The Bertz CT molecular complexity index is 758. The minimum absolute atomic E-state index is 0.0256. The lowest BCUT2D eigenvalue weighted by Crippen LogP contribution is -2.07. The quantitative estimate of drug-likeness (QED) is 0.532. The summed E-state index contributed by atoms with van der Waals surface area (Å²) in [5.41, 5.74) is 0.651. The highest BCUT2D eigenvalue weighted by Crippen LogP contribution is 2.32. The first-order valence-corrected chi connectivity index (χ1v) is 8.91. The molecule has 0 aliphatic carbocycles. The minimum Gasteiger partial charge on any atom is -0.490 e. The molecule has 1 N–H and O–H groups in total. The van der Waals surface area contributed by atoms with Crippen molar-refractivity contribution in [1.82, 2.24) is 10.2 Å². The first-order chi connectivity index (χ1) is 11.4. The zero-order valence-corrected chi connectivity index (χ0v) is 15.8. The Morgan fingerprint density at radius 2 is 2.21 bits per heavy atom. The lowest BCUT2D eigenvalue weighted by Gasteiger charge is -2.13. The molecule has 2 aromatic rings. The van der Waals surface area contributed by atoms with Crippen molar-refractivity contribution in [2.75, 3.05) is 0 Å². The van der Waals surface area contributed by atoms with E-state index in [2.05, 4.69) is 26.1 Å². The second-order valence-electron chi connectivity index (χ2n) is 5.08. The van der Waals surface area contributed by atoms with E-state index < -0.39 is 5.97 Å². The van der Waals surface area contributed by atoms with Crippen molar-refractivity contribution in [3.05, 3.63) is 39.0 Å². The van der Waals surface area contributed by atoms with E-state index >= 15 is 0 Å². The summed E-state index contributed by atoms with van der Waals surface area (Å²) in [4.78, 5) is 11.6. The largest absolute Gasteiger partial charge is 0.490 e. The molecule has 0 aliphatic rings. The maximum atomic E-state index is 11.6. The molecule has 0 bridgehead atoms. The van der Waals surface area contributed by atoms with Gasteiger partial charge in [0.15, 0.2) is 0 Å². The van der Waals surface area contributed by atoms with Crippen LogP contribution in [0.1, 0.15) is 32.2 Å². The number of carboxylic acids is 1. The highest BCUT2D eigenvalue weighted by Gasteiger charge is 2.16. The molecule has 8 heteroatoms. The van der Waals surface area contributed by atoms with Gasteiger partial charge in [0.05, 0.1) is 6.10 Å². The van der Waals surface area contributed by atoms with Gasteiger partial charge in [0.2, 0.25) is 5.89 Å². The molecule has 0 aliphatic heterocycles. The van der Waals surface area contributed by atoms with Gasteiger partial charge in [-0.1, -0.05) is 22.9 Å². The van der Waals surface area contributed by atoms with E-state index in [4.69, 9.17) is 9.15 Å². The number of benzene rings is 1. The molecule has 1 aromatic carbocycles. The van der Waals surface area contributed by atoms with Gasteiger partial charge in [0.25, 0.3) is 5.22 Å². The molecule has 1 heterocycles. The molecule has 0 spiro atoms. The van der Waals surface area contributed by atoms with Crippen LogP contribution in [0.3, 0.4) is 0 Å². The number of thioether (sulfide) groups is 1. The maximum Gasteiger partial charge on any atom is 0.342 e. The van der Waals surface area contributed by atoms with E-state index in [1.54, 1.807) is 12.1 Å². The molecule has 128 valence electrons. The number of aromatic nitrogens is 2. The Hall–Kier alpha value is -1.80. The number of halogens is 1. The molecular weight excluding hydrogens is 396 g/mol. The Labute approximate surface area is 152 Å². The van der Waals surface area contributed by atoms with Crippen LogP contribution in [-0.2, 0) is 11.2 Å². The van der Waals surface area contributed by atoms with Crippen molar-refractivity contribution in [2.24, 2.45) is 0 Å². The number of rotatable bonds is 7. The molecule has 6 nitrogen and oxygen atoms in total. The number of nitrogens with zero attached hydrogens (tertiary/aromatic N) is 2. The SMILES string of the molecule is CCc1nnc(S/C(=C/c2cc(Br)ccc2OC(C)C)C(=O)O)o1. The molecule has 0 unspecified atom stereocenters. The molecule has 0 saturated heterocycles. The average Bonchev–Trinajstić information content (AvgIpc) is 2.96. The van der Waals surface area contributed by atoms with E-state index in [0.717, 1.165) is 16.2 Å². The van der Waals surface area contributed by atoms with Gasteiger partial charge in [0, 0.05) is 16.5 Å².